The summed E-state index contributed by atoms with van der Waals surface area (Å²) in [4.78, 5) is 14.1. The zero-order valence-electron chi connectivity index (χ0n) is 8.60. The summed E-state index contributed by atoms with van der Waals surface area (Å²) in [6.07, 6.45) is 1.80. The molecule has 0 spiro atoms. The zero-order chi connectivity index (χ0) is 10.7. The van der Waals surface area contributed by atoms with Gasteiger partial charge in [0.2, 0.25) is 0 Å². The van der Waals surface area contributed by atoms with Gasteiger partial charge in [0, 0.05) is 22.5 Å². The molecule has 0 N–H and O–H groups in total. The second kappa shape index (κ2) is 4.72. The van der Waals surface area contributed by atoms with E-state index in [1.807, 2.05) is 25.4 Å². The van der Waals surface area contributed by atoms with Crippen molar-refractivity contribution in [2.24, 2.45) is 0 Å². The van der Waals surface area contributed by atoms with Crippen molar-refractivity contribution < 1.29 is 0 Å². The van der Waals surface area contributed by atoms with Crippen LogP contribution in [0.1, 0.15) is 16.3 Å². The molecule has 0 fully saturated rings. The van der Waals surface area contributed by atoms with Gasteiger partial charge in [0.05, 0.1) is 11.2 Å². The summed E-state index contributed by atoms with van der Waals surface area (Å²) in [5, 5.41) is 0.836. The van der Waals surface area contributed by atoms with Crippen LogP contribution in [-0.4, -0.2) is 15.0 Å². The van der Waals surface area contributed by atoms with Crippen molar-refractivity contribution in [2.45, 2.75) is 24.8 Å². The SMILES string of the molecule is Cc1ccnc(SCc2scnc2C)n1. The van der Waals surface area contributed by atoms with Gasteiger partial charge in [-0.3, -0.25) is 0 Å². The Morgan fingerprint density at radius 3 is 2.87 bits per heavy atom. The van der Waals surface area contributed by atoms with E-state index in [-0.39, 0.29) is 0 Å². The van der Waals surface area contributed by atoms with Crippen LogP contribution in [0, 0.1) is 13.8 Å². The van der Waals surface area contributed by atoms with E-state index in [2.05, 4.69) is 15.0 Å². The van der Waals surface area contributed by atoms with Crippen LogP contribution in [-0.2, 0) is 5.75 Å². The van der Waals surface area contributed by atoms with Crippen molar-refractivity contribution in [3.8, 4) is 0 Å². The molecule has 0 saturated heterocycles. The Bertz CT molecular complexity index is 453. The van der Waals surface area contributed by atoms with E-state index in [1.165, 1.54) is 4.88 Å². The number of hydrogen-bond donors (Lipinski definition) is 0. The van der Waals surface area contributed by atoms with E-state index >= 15 is 0 Å². The monoisotopic (exact) mass is 237 g/mol. The van der Waals surface area contributed by atoms with Crippen LogP contribution in [0.25, 0.3) is 0 Å². The minimum atomic E-state index is 0.836. The van der Waals surface area contributed by atoms with Crippen molar-refractivity contribution in [1.82, 2.24) is 15.0 Å². The second-order valence-corrected chi connectivity index (χ2v) is 5.01. The highest BCUT2D eigenvalue weighted by Gasteiger charge is 2.03. The first-order chi connectivity index (χ1) is 7.25. The first kappa shape index (κ1) is 10.6. The van der Waals surface area contributed by atoms with Gasteiger partial charge in [-0.1, -0.05) is 11.8 Å². The van der Waals surface area contributed by atoms with Crippen molar-refractivity contribution in [3.63, 3.8) is 0 Å². The predicted molar refractivity (Wildman–Crippen MR) is 63.2 cm³/mol. The first-order valence-corrected chi connectivity index (χ1v) is 6.43. The number of hydrogen-bond acceptors (Lipinski definition) is 5. The molecule has 0 aliphatic rings. The number of aryl methyl sites for hydroxylation is 2. The number of aromatic nitrogens is 3. The summed E-state index contributed by atoms with van der Waals surface area (Å²) in [6, 6.07) is 1.90. The smallest absolute Gasteiger partial charge is 0.188 e. The van der Waals surface area contributed by atoms with Crippen molar-refractivity contribution in [2.75, 3.05) is 0 Å². The Labute approximate surface area is 97.0 Å². The van der Waals surface area contributed by atoms with Crippen LogP contribution in [0.4, 0.5) is 0 Å². The lowest BCUT2D eigenvalue weighted by atomic mass is 10.4. The van der Waals surface area contributed by atoms with Crippen LogP contribution >= 0.6 is 23.1 Å². The van der Waals surface area contributed by atoms with Crippen molar-refractivity contribution >= 4 is 23.1 Å². The third-order valence-electron chi connectivity index (χ3n) is 1.95. The average molecular weight is 237 g/mol. The fourth-order valence-corrected chi connectivity index (χ4v) is 2.91. The predicted octanol–water partition coefficient (Wildman–Crippen LogP) is 2.84. The lowest BCUT2D eigenvalue weighted by Gasteiger charge is -1.99. The molecule has 2 aromatic rings. The Kier molecular flexibility index (Phi) is 3.33. The number of thiazole rings is 1. The molecule has 0 aliphatic carbocycles. The molecule has 0 radical (unpaired) electrons. The van der Waals surface area contributed by atoms with Gasteiger partial charge in [-0.25, -0.2) is 15.0 Å². The maximum Gasteiger partial charge on any atom is 0.188 e. The molecule has 0 bridgehead atoms. The minimum absolute atomic E-state index is 0.836. The van der Waals surface area contributed by atoms with Crippen LogP contribution < -0.4 is 0 Å². The molecule has 0 aliphatic heterocycles. The second-order valence-electron chi connectivity index (χ2n) is 3.13. The van der Waals surface area contributed by atoms with Crippen LogP contribution in [0.2, 0.25) is 0 Å². The molecular weight excluding hydrogens is 226 g/mol. The van der Waals surface area contributed by atoms with Crippen LogP contribution in [0.15, 0.2) is 22.9 Å². The summed E-state index contributed by atoms with van der Waals surface area (Å²) in [5.41, 5.74) is 4.00. The van der Waals surface area contributed by atoms with Gasteiger partial charge in [-0.2, -0.15) is 0 Å². The minimum Gasteiger partial charge on any atom is -0.250 e. The highest BCUT2D eigenvalue weighted by molar-refractivity contribution is 7.98. The maximum atomic E-state index is 4.34. The highest BCUT2D eigenvalue weighted by Crippen LogP contribution is 2.23. The zero-order valence-corrected chi connectivity index (χ0v) is 10.2. The summed E-state index contributed by atoms with van der Waals surface area (Å²) >= 11 is 3.34. The van der Waals surface area contributed by atoms with E-state index < -0.39 is 0 Å². The fourth-order valence-electron chi connectivity index (χ4n) is 1.09. The summed E-state index contributed by atoms with van der Waals surface area (Å²) in [7, 11) is 0. The normalized spacial score (nSPS) is 10.5. The molecule has 78 valence electrons. The number of thioether (sulfide) groups is 1. The molecule has 0 amide bonds. The number of rotatable bonds is 3. The van der Waals surface area contributed by atoms with E-state index in [0.29, 0.717) is 0 Å². The quantitative estimate of drug-likeness (QED) is 0.608. The Morgan fingerprint density at radius 1 is 1.33 bits per heavy atom. The van der Waals surface area contributed by atoms with Gasteiger partial charge in [-0.15, -0.1) is 11.3 Å². The van der Waals surface area contributed by atoms with E-state index in [4.69, 9.17) is 0 Å². The lowest BCUT2D eigenvalue weighted by molar-refractivity contribution is 0.932. The highest BCUT2D eigenvalue weighted by atomic mass is 32.2. The molecule has 5 heteroatoms. The van der Waals surface area contributed by atoms with Crippen LogP contribution in [0.5, 0.6) is 0 Å². The first-order valence-electron chi connectivity index (χ1n) is 4.57. The standard InChI is InChI=1S/C10H11N3S2/c1-7-3-4-11-10(13-7)14-5-9-8(2)12-6-15-9/h3-4,6H,5H2,1-2H3. The van der Waals surface area contributed by atoms with Gasteiger partial charge in [0.25, 0.3) is 0 Å². The molecule has 2 aromatic heterocycles. The van der Waals surface area contributed by atoms with Gasteiger partial charge < -0.3 is 0 Å². The largest absolute Gasteiger partial charge is 0.250 e. The molecule has 0 atom stereocenters. The molecule has 15 heavy (non-hydrogen) atoms. The van der Waals surface area contributed by atoms with Crippen LogP contribution in [0.3, 0.4) is 0 Å². The van der Waals surface area contributed by atoms with E-state index in [0.717, 1.165) is 22.3 Å². The Hall–Kier alpha value is -0.940. The third kappa shape index (κ3) is 2.76. The molecule has 0 saturated carbocycles. The molecular formula is C10H11N3S2. The molecule has 2 heterocycles. The third-order valence-corrected chi connectivity index (χ3v) is 3.96. The lowest BCUT2D eigenvalue weighted by Crippen LogP contribution is -1.89. The summed E-state index contributed by atoms with van der Waals surface area (Å²) < 4.78 is 0. The van der Waals surface area contributed by atoms with Gasteiger partial charge in [0.15, 0.2) is 5.16 Å². The molecule has 3 nitrogen and oxygen atoms in total. The summed E-state index contributed by atoms with van der Waals surface area (Å²) in [5.74, 6) is 0.903. The van der Waals surface area contributed by atoms with Gasteiger partial charge >= 0.3 is 0 Å². The van der Waals surface area contributed by atoms with E-state index in [9.17, 15) is 0 Å². The number of nitrogens with zero attached hydrogens (tertiary/aromatic N) is 3. The average Bonchev–Trinajstić information content (AvgIpc) is 2.61. The summed E-state index contributed by atoms with van der Waals surface area (Å²) in [6.45, 7) is 4.01. The van der Waals surface area contributed by atoms with Crippen molar-refractivity contribution in [1.29, 1.82) is 0 Å². The molecule has 2 rings (SSSR count). The van der Waals surface area contributed by atoms with Gasteiger partial charge in [-0.05, 0) is 19.9 Å². The Balaban J connectivity index is 2.02. The Morgan fingerprint density at radius 2 is 2.20 bits per heavy atom. The van der Waals surface area contributed by atoms with Gasteiger partial charge in [0.1, 0.15) is 0 Å². The topological polar surface area (TPSA) is 38.7 Å². The maximum absolute atomic E-state index is 4.34. The molecule has 0 aromatic carbocycles. The van der Waals surface area contributed by atoms with Crippen molar-refractivity contribution in [3.05, 3.63) is 34.0 Å². The molecule has 0 unspecified atom stereocenters. The fraction of sp³-hybridized carbons (Fsp3) is 0.300. The van der Waals surface area contributed by atoms with E-state index in [1.54, 1.807) is 29.3 Å².